The third-order valence-electron chi connectivity index (χ3n) is 1.71. The Labute approximate surface area is 85.7 Å². The summed E-state index contributed by atoms with van der Waals surface area (Å²) in [6, 6.07) is 1.88. The topological polar surface area (TPSA) is 103 Å². The number of nitrogen functional groups attached to an aromatic ring is 1. The molecule has 0 aliphatic rings. The highest BCUT2D eigenvalue weighted by Crippen LogP contribution is 2.06. The Morgan fingerprint density at radius 1 is 1.40 bits per heavy atom. The average molecular weight is 206 g/mol. The van der Waals surface area contributed by atoms with Gasteiger partial charge in [0.25, 0.3) is 0 Å². The molecule has 15 heavy (non-hydrogen) atoms. The van der Waals surface area contributed by atoms with Gasteiger partial charge in [0.2, 0.25) is 5.89 Å². The van der Waals surface area contributed by atoms with Gasteiger partial charge in [0.15, 0.2) is 0 Å². The minimum absolute atomic E-state index is 0.0608. The predicted molar refractivity (Wildman–Crippen MR) is 52.8 cm³/mol. The first kappa shape index (κ1) is 9.38. The molecule has 3 N–H and O–H groups in total. The van der Waals surface area contributed by atoms with E-state index < -0.39 is 0 Å². The molecule has 2 aromatic heterocycles. The van der Waals surface area contributed by atoms with Crippen molar-refractivity contribution in [2.24, 2.45) is 0 Å². The van der Waals surface area contributed by atoms with E-state index in [1.54, 1.807) is 0 Å². The molecule has 2 rings (SSSR count). The van der Waals surface area contributed by atoms with Gasteiger partial charge in [-0.1, -0.05) is 5.10 Å². The number of nitrogens with zero attached hydrogens (tertiary/aromatic N) is 4. The molecule has 0 saturated heterocycles. The lowest BCUT2D eigenvalue weighted by molar-refractivity contribution is 0.519. The molecule has 7 nitrogen and oxygen atoms in total. The standard InChI is InChI=1S/C8H10N6O/c1-5-2-6(12-4-11-5)10-3-7-13-14-8(9)15-7/h2,4H,3H2,1H3,(H2,9,14)(H,10,11,12). The molecule has 0 radical (unpaired) electrons. The first-order chi connectivity index (χ1) is 7.24. The molecule has 78 valence electrons. The van der Waals surface area contributed by atoms with Crippen LogP contribution in [0.5, 0.6) is 0 Å². The van der Waals surface area contributed by atoms with Crippen LogP contribution in [0.2, 0.25) is 0 Å². The number of aromatic nitrogens is 4. The summed E-state index contributed by atoms with van der Waals surface area (Å²) in [5.41, 5.74) is 6.16. The number of anilines is 2. The first-order valence-corrected chi connectivity index (χ1v) is 4.34. The van der Waals surface area contributed by atoms with E-state index in [2.05, 4.69) is 25.5 Å². The minimum Gasteiger partial charge on any atom is -0.406 e. The predicted octanol–water partition coefficient (Wildman–Crippen LogP) is 0.362. The number of rotatable bonds is 3. The largest absolute Gasteiger partial charge is 0.406 e. The Kier molecular flexibility index (Phi) is 2.44. The molecule has 0 unspecified atom stereocenters. The van der Waals surface area contributed by atoms with Crippen molar-refractivity contribution in [3.63, 3.8) is 0 Å². The fourth-order valence-electron chi connectivity index (χ4n) is 1.06. The zero-order chi connectivity index (χ0) is 10.7. The van der Waals surface area contributed by atoms with Crippen LogP contribution in [0.25, 0.3) is 0 Å². The van der Waals surface area contributed by atoms with Crippen LogP contribution in [0.15, 0.2) is 16.8 Å². The van der Waals surface area contributed by atoms with Crippen molar-refractivity contribution >= 4 is 11.8 Å². The van der Waals surface area contributed by atoms with E-state index in [1.165, 1.54) is 6.33 Å². The van der Waals surface area contributed by atoms with E-state index in [4.69, 9.17) is 10.2 Å². The fraction of sp³-hybridized carbons (Fsp3) is 0.250. The average Bonchev–Trinajstić information content (AvgIpc) is 2.62. The van der Waals surface area contributed by atoms with Gasteiger partial charge < -0.3 is 15.5 Å². The van der Waals surface area contributed by atoms with Gasteiger partial charge in [-0.2, -0.15) is 0 Å². The lowest BCUT2D eigenvalue weighted by Gasteiger charge is -2.01. The molecule has 0 aliphatic heterocycles. The van der Waals surface area contributed by atoms with Crippen LogP contribution in [0.1, 0.15) is 11.6 Å². The molecular formula is C8H10N6O. The Balaban J connectivity index is 1.99. The van der Waals surface area contributed by atoms with E-state index in [-0.39, 0.29) is 6.01 Å². The van der Waals surface area contributed by atoms with E-state index in [0.717, 1.165) is 5.69 Å². The van der Waals surface area contributed by atoms with Gasteiger partial charge in [-0.05, 0) is 6.92 Å². The van der Waals surface area contributed by atoms with Crippen molar-refractivity contribution in [1.29, 1.82) is 0 Å². The summed E-state index contributed by atoms with van der Waals surface area (Å²) in [5, 5.41) is 10.3. The molecular weight excluding hydrogens is 196 g/mol. The highest BCUT2D eigenvalue weighted by molar-refractivity contribution is 5.34. The van der Waals surface area contributed by atoms with E-state index >= 15 is 0 Å². The van der Waals surface area contributed by atoms with Crippen molar-refractivity contribution in [2.45, 2.75) is 13.5 Å². The van der Waals surface area contributed by atoms with Crippen molar-refractivity contribution in [1.82, 2.24) is 20.2 Å². The molecule has 0 fully saturated rings. The lowest BCUT2D eigenvalue weighted by atomic mass is 10.4. The van der Waals surface area contributed by atoms with Gasteiger partial charge >= 0.3 is 6.01 Å². The van der Waals surface area contributed by atoms with Crippen molar-refractivity contribution in [2.75, 3.05) is 11.1 Å². The summed E-state index contributed by atoms with van der Waals surface area (Å²) < 4.78 is 4.99. The number of hydrogen-bond donors (Lipinski definition) is 2. The van der Waals surface area contributed by atoms with Crippen LogP contribution in [0.3, 0.4) is 0 Å². The maximum Gasteiger partial charge on any atom is 0.312 e. The van der Waals surface area contributed by atoms with Crippen LogP contribution in [-0.2, 0) is 6.54 Å². The SMILES string of the molecule is Cc1cc(NCc2nnc(N)o2)ncn1. The Hall–Kier alpha value is -2.18. The summed E-state index contributed by atoms with van der Waals surface area (Å²) >= 11 is 0. The summed E-state index contributed by atoms with van der Waals surface area (Å²) in [6.07, 6.45) is 1.49. The molecule has 0 saturated carbocycles. The van der Waals surface area contributed by atoms with Gasteiger partial charge in [0.1, 0.15) is 12.1 Å². The Bertz CT molecular complexity index is 454. The van der Waals surface area contributed by atoms with Crippen molar-refractivity contribution < 1.29 is 4.42 Å². The summed E-state index contributed by atoms with van der Waals surface area (Å²) in [5.74, 6) is 1.13. The molecule has 0 spiro atoms. The lowest BCUT2D eigenvalue weighted by Crippen LogP contribution is -2.02. The fourth-order valence-corrected chi connectivity index (χ4v) is 1.06. The zero-order valence-electron chi connectivity index (χ0n) is 8.14. The molecule has 0 aliphatic carbocycles. The molecule has 2 aromatic rings. The van der Waals surface area contributed by atoms with E-state index in [0.29, 0.717) is 18.3 Å². The number of nitrogens with one attached hydrogen (secondary N) is 1. The Morgan fingerprint density at radius 3 is 2.93 bits per heavy atom. The van der Waals surface area contributed by atoms with Crippen molar-refractivity contribution in [3.05, 3.63) is 24.0 Å². The third kappa shape index (κ3) is 2.39. The molecule has 0 bridgehead atoms. The van der Waals surface area contributed by atoms with Gasteiger partial charge in [0, 0.05) is 11.8 Å². The highest BCUT2D eigenvalue weighted by Gasteiger charge is 2.02. The second kappa shape index (κ2) is 3.91. The maximum atomic E-state index is 5.28. The van der Waals surface area contributed by atoms with Crippen molar-refractivity contribution in [3.8, 4) is 0 Å². The van der Waals surface area contributed by atoms with Crippen LogP contribution >= 0.6 is 0 Å². The molecule has 0 atom stereocenters. The van der Waals surface area contributed by atoms with Crippen LogP contribution in [-0.4, -0.2) is 20.2 Å². The second-order valence-electron chi connectivity index (χ2n) is 2.93. The van der Waals surface area contributed by atoms with E-state index in [9.17, 15) is 0 Å². The number of nitrogens with two attached hydrogens (primary N) is 1. The van der Waals surface area contributed by atoms with Gasteiger partial charge in [-0.3, -0.25) is 0 Å². The maximum absolute atomic E-state index is 5.28. The minimum atomic E-state index is 0.0608. The Morgan fingerprint density at radius 2 is 2.27 bits per heavy atom. The van der Waals surface area contributed by atoms with Gasteiger partial charge in [-0.15, -0.1) is 5.10 Å². The summed E-state index contributed by atoms with van der Waals surface area (Å²) in [4.78, 5) is 7.99. The zero-order valence-corrected chi connectivity index (χ0v) is 8.14. The highest BCUT2D eigenvalue weighted by atomic mass is 16.4. The smallest absolute Gasteiger partial charge is 0.312 e. The summed E-state index contributed by atoms with van der Waals surface area (Å²) in [7, 11) is 0. The number of aryl methyl sites for hydroxylation is 1. The first-order valence-electron chi connectivity index (χ1n) is 4.34. The van der Waals surface area contributed by atoms with Crippen LogP contribution < -0.4 is 11.1 Å². The van der Waals surface area contributed by atoms with Gasteiger partial charge in [-0.25, -0.2) is 9.97 Å². The molecule has 0 amide bonds. The van der Waals surface area contributed by atoms with Gasteiger partial charge in [0.05, 0.1) is 6.54 Å². The molecule has 2 heterocycles. The second-order valence-corrected chi connectivity index (χ2v) is 2.93. The molecule has 0 aromatic carbocycles. The quantitative estimate of drug-likeness (QED) is 0.747. The molecule has 7 heteroatoms. The third-order valence-corrected chi connectivity index (χ3v) is 1.71. The number of hydrogen-bond acceptors (Lipinski definition) is 7. The van der Waals surface area contributed by atoms with Crippen LogP contribution in [0, 0.1) is 6.92 Å². The van der Waals surface area contributed by atoms with Crippen LogP contribution in [0.4, 0.5) is 11.8 Å². The monoisotopic (exact) mass is 206 g/mol. The van der Waals surface area contributed by atoms with E-state index in [1.807, 2.05) is 13.0 Å². The summed E-state index contributed by atoms with van der Waals surface area (Å²) in [6.45, 7) is 2.28. The normalized spacial score (nSPS) is 10.2.